The first-order valence-electron chi connectivity index (χ1n) is 7.62. The maximum atomic E-state index is 13.2. The molecule has 2 fully saturated rings. The van der Waals surface area contributed by atoms with Crippen molar-refractivity contribution in [3.8, 4) is 0 Å². The van der Waals surface area contributed by atoms with Gasteiger partial charge in [0, 0.05) is 5.41 Å². The molecule has 0 radical (unpaired) electrons. The third kappa shape index (κ3) is 3.42. The van der Waals surface area contributed by atoms with Crippen molar-refractivity contribution in [1.82, 2.24) is 0 Å². The summed E-state index contributed by atoms with van der Waals surface area (Å²) in [5, 5.41) is -4.91. The molecule has 2 saturated carbocycles. The number of ether oxygens (including phenoxy) is 1. The standard InChI is InChI=1S/C14H22F2O5S/c1-2-10-6-11-4-3-5-13(7-10,8-11)9-21-12(17)14(15,16)22(18,19)20/h10-11H,2-9H2,1H3,(H,18,19,20). The second-order valence-electron chi connectivity index (χ2n) is 6.74. The minimum absolute atomic E-state index is 0.204. The summed E-state index contributed by atoms with van der Waals surface area (Å²) >= 11 is 0. The van der Waals surface area contributed by atoms with E-state index in [1.165, 1.54) is 0 Å². The topological polar surface area (TPSA) is 80.7 Å². The summed E-state index contributed by atoms with van der Waals surface area (Å²) in [5.41, 5.74) is -0.327. The van der Waals surface area contributed by atoms with Crippen LogP contribution in [-0.4, -0.2) is 30.8 Å². The van der Waals surface area contributed by atoms with Gasteiger partial charge in [-0.05, 0) is 37.5 Å². The highest BCUT2D eigenvalue weighted by atomic mass is 32.2. The van der Waals surface area contributed by atoms with Crippen LogP contribution in [0, 0.1) is 17.3 Å². The monoisotopic (exact) mass is 340 g/mol. The molecule has 0 amide bonds. The Morgan fingerprint density at radius 1 is 1.41 bits per heavy atom. The van der Waals surface area contributed by atoms with E-state index in [1.807, 2.05) is 0 Å². The van der Waals surface area contributed by atoms with Gasteiger partial charge in [0.05, 0.1) is 6.61 Å². The average molecular weight is 340 g/mol. The van der Waals surface area contributed by atoms with E-state index in [0.717, 1.165) is 44.9 Å². The van der Waals surface area contributed by atoms with Gasteiger partial charge in [0.1, 0.15) is 0 Å². The van der Waals surface area contributed by atoms with Gasteiger partial charge in [0.25, 0.3) is 0 Å². The van der Waals surface area contributed by atoms with Crippen molar-refractivity contribution in [2.24, 2.45) is 17.3 Å². The maximum absolute atomic E-state index is 13.2. The van der Waals surface area contributed by atoms with Gasteiger partial charge in [-0.3, -0.25) is 4.55 Å². The second-order valence-corrected chi connectivity index (χ2v) is 8.21. The number of esters is 1. The summed E-state index contributed by atoms with van der Waals surface area (Å²) in [5.74, 6) is -1.18. The Hall–Kier alpha value is -0.760. The normalized spacial score (nSPS) is 32.5. The number of carbonyl (C=O) groups is 1. The fourth-order valence-corrected chi connectivity index (χ4v) is 4.31. The fourth-order valence-electron chi connectivity index (χ4n) is 4.04. The van der Waals surface area contributed by atoms with Crippen LogP contribution in [0.2, 0.25) is 0 Å². The molecule has 2 bridgehead atoms. The Kier molecular flexibility index (Phi) is 4.82. The molecule has 0 saturated heterocycles. The van der Waals surface area contributed by atoms with Gasteiger partial charge < -0.3 is 4.74 Å². The predicted molar refractivity (Wildman–Crippen MR) is 74.9 cm³/mol. The first kappa shape index (κ1) is 17.6. The van der Waals surface area contributed by atoms with Crippen molar-refractivity contribution >= 4 is 16.1 Å². The smallest absolute Gasteiger partial charge is 0.460 e. The maximum Gasteiger partial charge on any atom is 0.465 e. The van der Waals surface area contributed by atoms with E-state index >= 15 is 0 Å². The summed E-state index contributed by atoms with van der Waals surface area (Å²) in [6, 6.07) is 0. The van der Waals surface area contributed by atoms with Gasteiger partial charge in [0.15, 0.2) is 0 Å². The molecular weight excluding hydrogens is 318 g/mol. The third-order valence-corrected chi connectivity index (χ3v) is 5.89. The van der Waals surface area contributed by atoms with Crippen LogP contribution in [0.15, 0.2) is 0 Å². The van der Waals surface area contributed by atoms with E-state index in [2.05, 4.69) is 11.7 Å². The number of rotatable bonds is 5. The van der Waals surface area contributed by atoms with E-state index in [1.54, 1.807) is 0 Å². The first-order valence-corrected chi connectivity index (χ1v) is 9.06. The van der Waals surface area contributed by atoms with Crippen LogP contribution in [0.3, 0.4) is 0 Å². The molecule has 5 nitrogen and oxygen atoms in total. The Morgan fingerprint density at radius 3 is 2.68 bits per heavy atom. The molecule has 3 unspecified atom stereocenters. The molecule has 2 aliphatic carbocycles. The lowest BCUT2D eigenvalue weighted by Gasteiger charge is -2.48. The quantitative estimate of drug-likeness (QED) is 0.615. The van der Waals surface area contributed by atoms with Crippen LogP contribution in [0.25, 0.3) is 0 Å². The molecule has 22 heavy (non-hydrogen) atoms. The van der Waals surface area contributed by atoms with E-state index in [-0.39, 0.29) is 12.0 Å². The lowest BCUT2D eigenvalue weighted by Crippen LogP contribution is -2.44. The van der Waals surface area contributed by atoms with Crippen LogP contribution >= 0.6 is 0 Å². The molecular formula is C14H22F2O5S. The molecule has 0 heterocycles. The third-order valence-electron chi connectivity index (χ3n) is 5.08. The van der Waals surface area contributed by atoms with Crippen molar-refractivity contribution in [3.05, 3.63) is 0 Å². The molecule has 1 N–H and O–H groups in total. The first-order chi connectivity index (χ1) is 10.1. The number of fused-ring (bicyclic) bond motifs is 2. The zero-order valence-electron chi connectivity index (χ0n) is 12.6. The Morgan fingerprint density at radius 2 is 2.09 bits per heavy atom. The number of hydrogen-bond acceptors (Lipinski definition) is 4. The van der Waals surface area contributed by atoms with Crippen LogP contribution < -0.4 is 0 Å². The summed E-state index contributed by atoms with van der Waals surface area (Å²) in [6.45, 7) is 1.88. The van der Waals surface area contributed by atoms with Crippen LogP contribution in [-0.2, 0) is 19.6 Å². The van der Waals surface area contributed by atoms with E-state index in [4.69, 9.17) is 4.55 Å². The minimum atomic E-state index is -5.80. The van der Waals surface area contributed by atoms with Crippen molar-refractivity contribution < 1.29 is 31.3 Å². The molecule has 0 spiro atoms. The van der Waals surface area contributed by atoms with Gasteiger partial charge in [-0.1, -0.05) is 26.2 Å². The summed E-state index contributed by atoms with van der Waals surface area (Å²) < 4.78 is 60.6. The highest BCUT2D eigenvalue weighted by Crippen LogP contribution is 2.52. The molecule has 3 atom stereocenters. The largest absolute Gasteiger partial charge is 0.465 e. The molecule has 2 rings (SSSR count). The average Bonchev–Trinajstić information content (AvgIpc) is 2.43. The number of alkyl halides is 2. The molecule has 8 heteroatoms. The number of halogens is 2. The highest BCUT2D eigenvalue weighted by molar-refractivity contribution is 7.87. The lowest BCUT2D eigenvalue weighted by molar-refractivity contribution is -0.168. The van der Waals surface area contributed by atoms with Crippen LogP contribution in [0.5, 0.6) is 0 Å². The second kappa shape index (κ2) is 6.03. The molecule has 128 valence electrons. The number of carbonyl (C=O) groups excluding carboxylic acids is 1. The van der Waals surface area contributed by atoms with Gasteiger partial charge in [0.2, 0.25) is 0 Å². The Balaban J connectivity index is 2.05. The van der Waals surface area contributed by atoms with E-state index in [0.29, 0.717) is 11.8 Å². The molecule has 0 aromatic heterocycles. The van der Waals surface area contributed by atoms with Crippen molar-refractivity contribution in [1.29, 1.82) is 0 Å². The van der Waals surface area contributed by atoms with Crippen LogP contribution in [0.4, 0.5) is 8.78 Å². The molecule has 0 aliphatic heterocycles. The molecule has 0 aromatic rings. The molecule has 2 aliphatic rings. The summed E-state index contributed by atoms with van der Waals surface area (Å²) in [4.78, 5) is 11.4. The van der Waals surface area contributed by atoms with Gasteiger partial charge in [-0.2, -0.15) is 17.2 Å². The van der Waals surface area contributed by atoms with Crippen molar-refractivity contribution in [2.45, 2.75) is 57.1 Å². The Bertz CT molecular complexity index is 533. The van der Waals surface area contributed by atoms with E-state index < -0.39 is 21.3 Å². The zero-order chi connectivity index (χ0) is 16.6. The fraction of sp³-hybridized carbons (Fsp3) is 0.929. The highest BCUT2D eigenvalue weighted by Gasteiger charge is 2.55. The zero-order valence-corrected chi connectivity index (χ0v) is 13.4. The minimum Gasteiger partial charge on any atom is -0.460 e. The Labute approximate surface area is 129 Å². The van der Waals surface area contributed by atoms with Crippen molar-refractivity contribution in [2.75, 3.05) is 6.61 Å². The van der Waals surface area contributed by atoms with Crippen molar-refractivity contribution in [3.63, 3.8) is 0 Å². The SMILES string of the molecule is CCC1CC2CCCC(COC(=O)C(F)(F)S(=O)(=O)O)(C1)C2. The predicted octanol–water partition coefficient (Wildman–Crippen LogP) is 3.01. The summed E-state index contributed by atoms with van der Waals surface area (Å²) in [7, 11) is -5.80. The van der Waals surface area contributed by atoms with Gasteiger partial charge in [-0.25, -0.2) is 4.79 Å². The van der Waals surface area contributed by atoms with Crippen LogP contribution in [0.1, 0.15) is 51.9 Å². The number of hydrogen-bond donors (Lipinski definition) is 1. The van der Waals surface area contributed by atoms with E-state index in [9.17, 15) is 22.0 Å². The summed E-state index contributed by atoms with van der Waals surface area (Å²) in [6.07, 6.45) is 6.62. The lowest BCUT2D eigenvalue weighted by atomic mass is 9.59. The van der Waals surface area contributed by atoms with Gasteiger partial charge >= 0.3 is 21.3 Å². The van der Waals surface area contributed by atoms with Gasteiger partial charge in [-0.15, -0.1) is 0 Å². The molecule has 0 aromatic carbocycles.